The molecule has 1 heterocycles. The molecule has 4 rings (SSSR count). The van der Waals surface area contributed by atoms with Crippen molar-refractivity contribution in [3.05, 3.63) is 96.6 Å². The number of nitrogens with one attached hydrogen (secondary N) is 1. The van der Waals surface area contributed by atoms with Crippen LogP contribution in [0.2, 0.25) is 0 Å². The Morgan fingerprint density at radius 3 is 2.54 bits per heavy atom. The van der Waals surface area contributed by atoms with Crippen molar-refractivity contribution in [3.8, 4) is 5.75 Å². The highest BCUT2D eigenvalue weighted by molar-refractivity contribution is 5.84. The number of carbonyl (C=O) groups excluding carboxylic acids is 1. The first-order chi connectivity index (χ1) is 13.8. The summed E-state index contributed by atoms with van der Waals surface area (Å²) in [6, 6.07) is 22.1. The molecule has 1 aromatic heterocycles. The zero-order valence-corrected chi connectivity index (χ0v) is 15.4. The van der Waals surface area contributed by atoms with E-state index in [1.54, 1.807) is 12.5 Å². The minimum atomic E-state index is -0.143. The van der Waals surface area contributed by atoms with Gasteiger partial charge in [0.25, 0.3) is 5.91 Å². The van der Waals surface area contributed by atoms with Crippen LogP contribution in [0.25, 0.3) is 10.8 Å². The molecule has 0 saturated carbocycles. The largest absolute Gasteiger partial charge is 0.484 e. The fraction of sp³-hybridized carbons (Fsp3) is 0.130. The van der Waals surface area contributed by atoms with Crippen molar-refractivity contribution in [2.45, 2.75) is 13.1 Å². The lowest BCUT2D eigenvalue weighted by Gasteiger charge is -2.09. The molecule has 5 nitrogen and oxygen atoms in total. The SMILES string of the molecule is O=C(COc1ccc2ccccc2c1)NCc1ccc(Cn2ccnc2)cc1. The predicted molar refractivity (Wildman–Crippen MR) is 109 cm³/mol. The fourth-order valence-corrected chi connectivity index (χ4v) is 3.01. The minimum Gasteiger partial charge on any atom is -0.484 e. The second kappa shape index (κ2) is 8.39. The maximum Gasteiger partial charge on any atom is 0.258 e. The topological polar surface area (TPSA) is 56.1 Å². The van der Waals surface area contributed by atoms with Gasteiger partial charge in [0.05, 0.1) is 6.33 Å². The Balaban J connectivity index is 1.25. The Morgan fingerprint density at radius 1 is 0.964 bits per heavy atom. The molecule has 0 spiro atoms. The van der Waals surface area contributed by atoms with Gasteiger partial charge in [-0.3, -0.25) is 4.79 Å². The van der Waals surface area contributed by atoms with Crippen LogP contribution < -0.4 is 10.1 Å². The van der Waals surface area contributed by atoms with E-state index >= 15 is 0 Å². The molecule has 3 aromatic carbocycles. The summed E-state index contributed by atoms with van der Waals surface area (Å²) in [5.74, 6) is 0.549. The number of amides is 1. The van der Waals surface area contributed by atoms with E-state index in [0.717, 1.165) is 22.9 Å². The lowest BCUT2D eigenvalue weighted by atomic mass is 10.1. The van der Waals surface area contributed by atoms with Crippen molar-refractivity contribution in [2.24, 2.45) is 0 Å². The van der Waals surface area contributed by atoms with Crippen molar-refractivity contribution >= 4 is 16.7 Å². The number of imidazole rings is 1. The molecular formula is C23H21N3O2. The first-order valence-corrected chi connectivity index (χ1v) is 9.18. The van der Waals surface area contributed by atoms with Crippen molar-refractivity contribution in [3.63, 3.8) is 0 Å². The molecule has 0 unspecified atom stereocenters. The van der Waals surface area contributed by atoms with Crippen LogP contribution in [0.3, 0.4) is 0 Å². The maximum atomic E-state index is 12.1. The third-order valence-electron chi connectivity index (χ3n) is 4.53. The smallest absolute Gasteiger partial charge is 0.258 e. The number of rotatable bonds is 7. The van der Waals surface area contributed by atoms with E-state index < -0.39 is 0 Å². The zero-order chi connectivity index (χ0) is 19.2. The van der Waals surface area contributed by atoms with Gasteiger partial charge < -0.3 is 14.6 Å². The zero-order valence-electron chi connectivity index (χ0n) is 15.4. The van der Waals surface area contributed by atoms with Gasteiger partial charge in [-0.2, -0.15) is 0 Å². The molecular weight excluding hydrogens is 350 g/mol. The van der Waals surface area contributed by atoms with Crippen LogP contribution in [0.1, 0.15) is 11.1 Å². The van der Waals surface area contributed by atoms with Gasteiger partial charge in [-0.25, -0.2) is 4.98 Å². The summed E-state index contributed by atoms with van der Waals surface area (Å²) in [6.45, 7) is 1.26. The first kappa shape index (κ1) is 17.8. The number of nitrogens with zero attached hydrogens (tertiary/aromatic N) is 2. The average Bonchev–Trinajstić information content (AvgIpc) is 3.24. The highest BCUT2D eigenvalue weighted by atomic mass is 16.5. The number of aromatic nitrogens is 2. The number of carbonyl (C=O) groups is 1. The van der Waals surface area contributed by atoms with Crippen LogP contribution in [0, 0.1) is 0 Å². The lowest BCUT2D eigenvalue weighted by Crippen LogP contribution is -2.28. The molecule has 1 amide bonds. The van der Waals surface area contributed by atoms with Crippen molar-refractivity contribution in [1.82, 2.24) is 14.9 Å². The molecule has 0 radical (unpaired) electrons. The van der Waals surface area contributed by atoms with E-state index in [2.05, 4.69) is 22.4 Å². The summed E-state index contributed by atoms with van der Waals surface area (Å²) in [6.07, 6.45) is 5.50. The molecule has 5 heteroatoms. The lowest BCUT2D eigenvalue weighted by molar-refractivity contribution is -0.123. The predicted octanol–water partition coefficient (Wildman–Crippen LogP) is 3.78. The molecule has 4 aromatic rings. The van der Waals surface area contributed by atoms with E-state index in [0.29, 0.717) is 12.3 Å². The van der Waals surface area contributed by atoms with Gasteiger partial charge in [0.15, 0.2) is 6.61 Å². The third-order valence-corrected chi connectivity index (χ3v) is 4.53. The quantitative estimate of drug-likeness (QED) is 0.538. The molecule has 0 aliphatic carbocycles. The molecule has 0 bridgehead atoms. The monoisotopic (exact) mass is 371 g/mol. The van der Waals surface area contributed by atoms with E-state index in [1.807, 2.05) is 65.4 Å². The van der Waals surface area contributed by atoms with E-state index in [4.69, 9.17) is 4.74 Å². The Labute approximate surface area is 163 Å². The highest BCUT2D eigenvalue weighted by Crippen LogP contribution is 2.20. The van der Waals surface area contributed by atoms with Gasteiger partial charge in [0.1, 0.15) is 5.75 Å². The number of hydrogen-bond donors (Lipinski definition) is 1. The number of hydrogen-bond acceptors (Lipinski definition) is 3. The van der Waals surface area contributed by atoms with Crippen LogP contribution in [-0.4, -0.2) is 22.1 Å². The van der Waals surface area contributed by atoms with Gasteiger partial charge in [-0.1, -0.05) is 54.6 Å². The molecule has 28 heavy (non-hydrogen) atoms. The summed E-state index contributed by atoms with van der Waals surface area (Å²) in [5, 5.41) is 5.13. The van der Waals surface area contributed by atoms with Crippen LogP contribution >= 0.6 is 0 Å². The standard InChI is InChI=1S/C23H21N3O2/c27-23(16-28-22-10-9-20-3-1-2-4-21(20)13-22)25-14-18-5-7-19(8-6-18)15-26-12-11-24-17-26/h1-13,17H,14-16H2,(H,25,27). The molecule has 140 valence electrons. The molecule has 0 aliphatic rings. The van der Waals surface area contributed by atoms with Gasteiger partial charge in [-0.15, -0.1) is 0 Å². The van der Waals surface area contributed by atoms with Gasteiger partial charge in [0.2, 0.25) is 0 Å². The minimum absolute atomic E-state index is 0.00292. The molecule has 1 N–H and O–H groups in total. The van der Waals surface area contributed by atoms with E-state index in [-0.39, 0.29) is 12.5 Å². The second-order valence-corrected chi connectivity index (χ2v) is 6.63. The summed E-state index contributed by atoms with van der Waals surface area (Å²) in [5.41, 5.74) is 2.24. The van der Waals surface area contributed by atoms with Crippen molar-refractivity contribution in [1.29, 1.82) is 0 Å². The van der Waals surface area contributed by atoms with E-state index in [1.165, 1.54) is 5.56 Å². The van der Waals surface area contributed by atoms with Gasteiger partial charge in [-0.05, 0) is 34.0 Å². The highest BCUT2D eigenvalue weighted by Gasteiger charge is 2.04. The van der Waals surface area contributed by atoms with E-state index in [9.17, 15) is 4.79 Å². The fourth-order valence-electron chi connectivity index (χ4n) is 3.01. The van der Waals surface area contributed by atoms with Crippen molar-refractivity contribution in [2.75, 3.05) is 6.61 Å². The summed E-state index contributed by atoms with van der Waals surface area (Å²) < 4.78 is 7.64. The first-order valence-electron chi connectivity index (χ1n) is 9.18. The normalized spacial score (nSPS) is 10.7. The van der Waals surface area contributed by atoms with Gasteiger partial charge >= 0.3 is 0 Å². The van der Waals surface area contributed by atoms with Crippen LogP contribution in [0.4, 0.5) is 0 Å². The second-order valence-electron chi connectivity index (χ2n) is 6.63. The summed E-state index contributed by atoms with van der Waals surface area (Å²) in [7, 11) is 0. The average molecular weight is 371 g/mol. The Bertz CT molecular complexity index is 1060. The summed E-state index contributed by atoms with van der Waals surface area (Å²) in [4.78, 5) is 16.1. The number of ether oxygens (including phenoxy) is 1. The Morgan fingerprint density at radius 2 is 1.75 bits per heavy atom. The Hall–Kier alpha value is -3.60. The molecule has 0 saturated heterocycles. The third kappa shape index (κ3) is 4.57. The molecule has 0 fully saturated rings. The van der Waals surface area contributed by atoms with Crippen LogP contribution in [-0.2, 0) is 17.9 Å². The summed E-state index contributed by atoms with van der Waals surface area (Å²) >= 11 is 0. The van der Waals surface area contributed by atoms with Crippen LogP contribution in [0.5, 0.6) is 5.75 Å². The van der Waals surface area contributed by atoms with Crippen LogP contribution in [0.15, 0.2) is 85.5 Å². The Kier molecular flexibility index (Phi) is 5.33. The molecule has 0 aliphatic heterocycles. The molecule has 0 atom stereocenters. The number of benzene rings is 3. The van der Waals surface area contributed by atoms with Gasteiger partial charge in [0, 0.05) is 25.5 Å². The number of fused-ring (bicyclic) bond motifs is 1. The maximum absolute atomic E-state index is 12.1. The van der Waals surface area contributed by atoms with Crippen molar-refractivity contribution < 1.29 is 9.53 Å².